The van der Waals surface area contributed by atoms with Crippen LogP contribution in [0.2, 0.25) is 0 Å². The number of carbonyl (C=O) groups excluding carboxylic acids is 2. The molecule has 0 spiro atoms. The van der Waals surface area contributed by atoms with Gasteiger partial charge in [-0.2, -0.15) is 0 Å². The lowest BCUT2D eigenvalue weighted by Crippen LogP contribution is -2.40. The summed E-state index contributed by atoms with van der Waals surface area (Å²) in [6, 6.07) is 7.07. The van der Waals surface area contributed by atoms with E-state index in [-0.39, 0.29) is 24.3 Å². The van der Waals surface area contributed by atoms with E-state index in [4.69, 9.17) is 0 Å². The van der Waals surface area contributed by atoms with Crippen molar-refractivity contribution in [3.63, 3.8) is 0 Å². The number of carbonyl (C=O) groups is 3. The van der Waals surface area contributed by atoms with Gasteiger partial charge in [0, 0.05) is 37.3 Å². The van der Waals surface area contributed by atoms with Crippen LogP contribution in [0.5, 0.6) is 0 Å². The van der Waals surface area contributed by atoms with Gasteiger partial charge in [0.15, 0.2) is 0 Å². The molecule has 2 aliphatic heterocycles. The molecule has 3 rings (SSSR count). The Morgan fingerprint density at radius 1 is 1.24 bits per heavy atom. The number of amides is 2. The molecule has 2 heterocycles. The first kappa shape index (κ1) is 17.5. The zero-order valence-electron chi connectivity index (χ0n) is 14.7. The number of hydrogen-bond donors (Lipinski definition) is 1. The van der Waals surface area contributed by atoms with Crippen molar-refractivity contribution < 1.29 is 19.5 Å². The highest BCUT2D eigenvalue weighted by molar-refractivity contribution is 5.99. The Morgan fingerprint density at radius 2 is 2.00 bits per heavy atom. The predicted octanol–water partition coefficient (Wildman–Crippen LogP) is 2.39. The molecule has 1 aromatic rings. The lowest BCUT2D eigenvalue weighted by Gasteiger charge is -2.28. The maximum atomic E-state index is 12.9. The molecular weight excluding hydrogens is 320 g/mol. The van der Waals surface area contributed by atoms with Gasteiger partial charge >= 0.3 is 5.97 Å². The molecule has 1 aromatic carbocycles. The van der Waals surface area contributed by atoms with Crippen molar-refractivity contribution in [2.24, 2.45) is 11.3 Å². The van der Waals surface area contributed by atoms with Gasteiger partial charge in [-0.1, -0.05) is 19.9 Å². The lowest BCUT2D eigenvalue weighted by molar-refractivity contribution is -0.150. The number of benzene rings is 1. The molecule has 6 nitrogen and oxygen atoms in total. The Bertz CT molecular complexity index is 715. The first-order valence-corrected chi connectivity index (χ1v) is 8.78. The lowest BCUT2D eigenvalue weighted by atomic mass is 9.76. The largest absolute Gasteiger partial charge is 0.481 e. The van der Waals surface area contributed by atoms with Crippen LogP contribution in [-0.4, -0.2) is 47.4 Å². The zero-order chi connectivity index (χ0) is 18.2. The first-order chi connectivity index (χ1) is 11.8. The topological polar surface area (TPSA) is 77.9 Å². The number of carboxylic acids is 1. The van der Waals surface area contributed by atoms with Crippen LogP contribution < -0.4 is 4.90 Å². The Kier molecular flexibility index (Phi) is 4.54. The normalized spacial score (nSPS) is 23.6. The SMILES string of the molecule is CC(C)C1(C(=O)O)CCN(C(=O)c2cccc(N3CCCC3=O)c2)C1. The molecule has 25 heavy (non-hydrogen) atoms. The summed E-state index contributed by atoms with van der Waals surface area (Å²) in [4.78, 5) is 39.9. The van der Waals surface area contributed by atoms with Crippen LogP contribution in [0.15, 0.2) is 24.3 Å². The number of aliphatic carboxylic acids is 1. The molecule has 1 unspecified atom stereocenters. The van der Waals surface area contributed by atoms with E-state index in [1.807, 2.05) is 19.9 Å². The highest BCUT2D eigenvalue weighted by Crippen LogP contribution is 2.38. The van der Waals surface area contributed by atoms with E-state index in [1.54, 1.807) is 28.0 Å². The van der Waals surface area contributed by atoms with Crippen LogP contribution >= 0.6 is 0 Å². The van der Waals surface area contributed by atoms with Gasteiger partial charge in [-0.05, 0) is 37.0 Å². The Hall–Kier alpha value is -2.37. The third-order valence-electron chi connectivity index (χ3n) is 5.60. The molecule has 0 aromatic heterocycles. The van der Waals surface area contributed by atoms with Gasteiger partial charge in [-0.3, -0.25) is 14.4 Å². The van der Waals surface area contributed by atoms with Crippen LogP contribution in [0.1, 0.15) is 43.5 Å². The summed E-state index contributed by atoms with van der Waals surface area (Å²) in [6.45, 7) is 5.13. The highest BCUT2D eigenvalue weighted by atomic mass is 16.4. The van der Waals surface area contributed by atoms with Crippen LogP contribution in [0, 0.1) is 11.3 Å². The quantitative estimate of drug-likeness (QED) is 0.910. The van der Waals surface area contributed by atoms with Gasteiger partial charge in [-0.25, -0.2) is 0 Å². The molecule has 0 saturated carbocycles. The van der Waals surface area contributed by atoms with Gasteiger partial charge in [-0.15, -0.1) is 0 Å². The second-order valence-corrected chi connectivity index (χ2v) is 7.29. The van der Waals surface area contributed by atoms with Crippen LogP contribution in [0.25, 0.3) is 0 Å². The van der Waals surface area contributed by atoms with Crippen LogP contribution in [0.4, 0.5) is 5.69 Å². The van der Waals surface area contributed by atoms with Crippen molar-refractivity contribution in [2.75, 3.05) is 24.5 Å². The second-order valence-electron chi connectivity index (χ2n) is 7.29. The molecule has 1 atom stereocenters. The Balaban J connectivity index is 1.80. The summed E-state index contributed by atoms with van der Waals surface area (Å²) in [5.74, 6) is -0.974. The summed E-state index contributed by atoms with van der Waals surface area (Å²) >= 11 is 0. The number of nitrogens with zero attached hydrogens (tertiary/aromatic N) is 2. The average Bonchev–Trinajstić information content (AvgIpc) is 3.21. The summed E-state index contributed by atoms with van der Waals surface area (Å²) in [5.41, 5.74) is 0.362. The van der Waals surface area contributed by atoms with Crippen LogP contribution in [-0.2, 0) is 9.59 Å². The molecule has 2 aliphatic rings. The molecule has 0 radical (unpaired) electrons. The fraction of sp³-hybridized carbons (Fsp3) is 0.526. The third-order valence-corrected chi connectivity index (χ3v) is 5.60. The van der Waals surface area contributed by atoms with Gasteiger partial charge < -0.3 is 14.9 Å². The smallest absolute Gasteiger partial charge is 0.311 e. The molecule has 0 aliphatic carbocycles. The number of hydrogen-bond acceptors (Lipinski definition) is 3. The fourth-order valence-electron chi connectivity index (χ4n) is 3.81. The molecule has 134 valence electrons. The van der Waals surface area contributed by atoms with Crippen molar-refractivity contribution in [1.82, 2.24) is 4.90 Å². The molecule has 2 fully saturated rings. The first-order valence-electron chi connectivity index (χ1n) is 8.78. The number of rotatable bonds is 4. The van der Waals surface area contributed by atoms with Crippen molar-refractivity contribution >= 4 is 23.5 Å². The van der Waals surface area contributed by atoms with Crippen molar-refractivity contribution in [3.05, 3.63) is 29.8 Å². The number of anilines is 1. The van der Waals surface area contributed by atoms with Gasteiger partial charge in [0.05, 0.1) is 5.41 Å². The zero-order valence-corrected chi connectivity index (χ0v) is 14.7. The fourth-order valence-corrected chi connectivity index (χ4v) is 3.81. The van der Waals surface area contributed by atoms with E-state index >= 15 is 0 Å². The van der Waals surface area contributed by atoms with E-state index in [0.717, 1.165) is 12.1 Å². The summed E-state index contributed by atoms with van der Waals surface area (Å²) in [5, 5.41) is 9.64. The van der Waals surface area contributed by atoms with E-state index < -0.39 is 11.4 Å². The molecule has 6 heteroatoms. The summed E-state index contributed by atoms with van der Waals surface area (Å²) in [6.07, 6.45) is 1.84. The van der Waals surface area contributed by atoms with Crippen molar-refractivity contribution in [1.29, 1.82) is 0 Å². The van der Waals surface area contributed by atoms with E-state index in [0.29, 0.717) is 31.5 Å². The number of carboxylic acid groups (broad SMARTS) is 1. The third kappa shape index (κ3) is 3.01. The van der Waals surface area contributed by atoms with Crippen LogP contribution in [0.3, 0.4) is 0 Å². The summed E-state index contributed by atoms with van der Waals surface area (Å²) < 4.78 is 0. The van der Waals surface area contributed by atoms with E-state index in [1.165, 1.54) is 0 Å². The molecule has 2 saturated heterocycles. The predicted molar refractivity (Wildman–Crippen MR) is 93.5 cm³/mol. The second kappa shape index (κ2) is 6.50. The maximum Gasteiger partial charge on any atom is 0.311 e. The Morgan fingerprint density at radius 3 is 2.56 bits per heavy atom. The van der Waals surface area contributed by atoms with Crippen molar-refractivity contribution in [2.45, 2.75) is 33.1 Å². The minimum atomic E-state index is -0.877. The van der Waals surface area contributed by atoms with Gasteiger partial charge in [0.1, 0.15) is 0 Å². The summed E-state index contributed by atoms with van der Waals surface area (Å²) in [7, 11) is 0. The minimum absolute atomic E-state index is 0.0450. The van der Waals surface area contributed by atoms with E-state index in [9.17, 15) is 19.5 Å². The monoisotopic (exact) mass is 344 g/mol. The molecule has 2 amide bonds. The molecular formula is C19H24N2O4. The molecule has 1 N–H and O–H groups in total. The van der Waals surface area contributed by atoms with Crippen molar-refractivity contribution in [3.8, 4) is 0 Å². The highest BCUT2D eigenvalue weighted by Gasteiger charge is 2.48. The Labute approximate surface area is 147 Å². The van der Waals surface area contributed by atoms with Gasteiger partial charge in [0.25, 0.3) is 5.91 Å². The average molecular weight is 344 g/mol. The van der Waals surface area contributed by atoms with E-state index in [2.05, 4.69) is 0 Å². The standard InChI is InChI=1S/C19H24N2O4/c1-13(2)19(18(24)25)8-10-20(12-19)17(23)14-5-3-6-15(11-14)21-9-4-7-16(21)22/h3,5-6,11,13H,4,7-10,12H2,1-2H3,(H,24,25). The minimum Gasteiger partial charge on any atom is -0.481 e. The molecule has 0 bridgehead atoms. The number of likely N-dealkylation sites (tertiary alicyclic amines) is 1. The van der Waals surface area contributed by atoms with Gasteiger partial charge in [0.2, 0.25) is 5.91 Å². The maximum absolute atomic E-state index is 12.9.